The highest BCUT2D eigenvalue weighted by molar-refractivity contribution is 8.00. The number of carboxylic acid groups (broad SMARTS) is 1. The molecule has 2 rings (SSSR count). The third kappa shape index (κ3) is 2.22. The summed E-state index contributed by atoms with van der Waals surface area (Å²) < 4.78 is 0. The van der Waals surface area contributed by atoms with Gasteiger partial charge in [-0.3, -0.25) is 9.69 Å². The lowest BCUT2D eigenvalue weighted by molar-refractivity contribution is -0.141. The molecule has 1 atom stereocenters. The Labute approximate surface area is 110 Å². The molecule has 0 aromatic heterocycles. The summed E-state index contributed by atoms with van der Waals surface area (Å²) >= 11 is 1.46. The number of carbonyl (C=O) groups is 2. The zero-order valence-electron chi connectivity index (χ0n) is 10.3. The van der Waals surface area contributed by atoms with Gasteiger partial charge in [-0.15, -0.1) is 11.8 Å². The third-order valence-corrected chi connectivity index (χ3v) is 3.95. The highest BCUT2D eigenvalue weighted by Crippen LogP contribution is 2.37. The number of carboxylic acids is 1. The first-order valence-corrected chi connectivity index (χ1v) is 6.77. The standard InChI is InChI=1S/C13H15NO3S/c1-8(2)12(13(16)17)14-9-5-3-4-6-10(9)18-7-11(14)15/h3-6,8,12H,7H2,1-2H3,(H,16,17). The lowest BCUT2D eigenvalue weighted by Gasteiger charge is -2.35. The van der Waals surface area contributed by atoms with Crippen molar-refractivity contribution < 1.29 is 14.7 Å². The minimum absolute atomic E-state index is 0.136. The molecule has 0 bridgehead atoms. The Balaban J connectivity index is 2.48. The maximum absolute atomic E-state index is 12.0. The molecule has 0 aliphatic carbocycles. The van der Waals surface area contributed by atoms with Crippen molar-refractivity contribution in [1.29, 1.82) is 0 Å². The Hall–Kier alpha value is -1.49. The maximum atomic E-state index is 12.0. The molecule has 0 saturated heterocycles. The smallest absolute Gasteiger partial charge is 0.327 e. The van der Waals surface area contributed by atoms with Gasteiger partial charge in [0.25, 0.3) is 0 Å². The number of fused-ring (bicyclic) bond motifs is 1. The Kier molecular flexibility index (Phi) is 3.61. The van der Waals surface area contributed by atoms with Gasteiger partial charge in [-0.25, -0.2) is 4.79 Å². The Bertz CT molecular complexity index is 487. The number of nitrogens with zero attached hydrogens (tertiary/aromatic N) is 1. The van der Waals surface area contributed by atoms with Gasteiger partial charge in [0, 0.05) is 4.90 Å². The Morgan fingerprint density at radius 1 is 1.39 bits per heavy atom. The van der Waals surface area contributed by atoms with E-state index in [0.717, 1.165) is 4.90 Å². The normalized spacial score (nSPS) is 16.6. The summed E-state index contributed by atoms with van der Waals surface area (Å²) in [6.45, 7) is 3.63. The van der Waals surface area contributed by atoms with Crippen LogP contribution < -0.4 is 4.90 Å². The molecule has 1 N–H and O–H groups in total. The molecule has 1 unspecified atom stereocenters. The average Bonchev–Trinajstić information content (AvgIpc) is 2.31. The van der Waals surface area contributed by atoms with Gasteiger partial charge in [0.15, 0.2) is 0 Å². The fourth-order valence-corrected chi connectivity index (χ4v) is 3.03. The van der Waals surface area contributed by atoms with Gasteiger partial charge in [-0.05, 0) is 18.1 Å². The number of carbonyl (C=O) groups excluding carboxylic acids is 1. The predicted octanol–water partition coefficient (Wildman–Crippen LogP) is 2.23. The first-order valence-electron chi connectivity index (χ1n) is 5.79. The van der Waals surface area contributed by atoms with E-state index in [4.69, 9.17) is 0 Å². The number of para-hydroxylation sites is 1. The van der Waals surface area contributed by atoms with E-state index in [0.29, 0.717) is 11.4 Å². The number of hydrogen-bond donors (Lipinski definition) is 1. The molecule has 1 aromatic carbocycles. The van der Waals surface area contributed by atoms with E-state index in [1.807, 2.05) is 32.0 Å². The molecule has 0 radical (unpaired) electrons. The molecule has 18 heavy (non-hydrogen) atoms. The molecule has 1 aromatic rings. The van der Waals surface area contributed by atoms with E-state index >= 15 is 0 Å². The highest BCUT2D eigenvalue weighted by Gasteiger charge is 2.36. The molecular weight excluding hydrogens is 250 g/mol. The van der Waals surface area contributed by atoms with Crippen LogP contribution in [-0.2, 0) is 9.59 Å². The van der Waals surface area contributed by atoms with Crippen LogP contribution in [0.3, 0.4) is 0 Å². The fourth-order valence-electron chi connectivity index (χ4n) is 2.12. The van der Waals surface area contributed by atoms with Crippen LogP contribution in [0.4, 0.5) is 5.69 Å². The maximum Gasteiger partial charge on any atom is 0.327 e. The van der Waals surface area contributed by atoms with Crippen molar-refractivity contribution in [3.05, 3.63) is 24.3 Å². The second-order valence-electron chi connectivity index (χ2n) is 4.55. The second-order valence-corrected chi connectivity index (χ2v) is 5.56. The lowest BCUT2D eigenvalue weighted by Crippen LogP contribution is -2.50. The van der Waals surface area contributed by atoms with Crippen LogP contribution >= 0.6 is 11.8 Å². The molecule has 5 heteroatoms. The van der Waals surface area contributed by atoms with Gasteiger partial charge < -0.3 is 5.11 Å². The van der Waals surface area contributed by atoms with Crippen molar-refractivity contribution in [3.8, 4) is 0 Å². The van der Waals surface area contributed by atoms with Crippen LogP contribution in [0.1, 0.15) is 13.8 Å². The number of rotatable bonds is 3. The summed E-state index contributed by atoms with van der Waals surface area (Å²) in [5, 5.41) is 9.34. The number of thioether (sulfide) groups is 1. The van der Waals surface area contributed by atoms with Crippen LogP contribution in [0.5, 0.6) is 0 Å². The van der Waals surface area contributed by atoms with Gasteiger partial charge in [0.05, 0.1) is 11.4 Å². The Morgan fingerprint density at radius 3 is 2.67 bits per heavy atom. The van der Waals surface area contributed by atoms with E-state index < -0.39 is 12.0 Å². The molecule has 0 fully saturated rings. The molecule has 96 valence electrons. The minimum Gasteiger partial charge on any atom is -0.480 e. The zero-order chi connectivity index (χ0) is 13.3. The van der Waals surface area contributed by atoms with Crippen LogP contribution in [0.15, 0.2) is 29.2 Å². The summed E-state index contributed by atoms with van der Waals surface area (Å²) in [4.78, 5) is 25.8. The van der Waals surface area contributed by atoms with Gasteiger partial charge >= 0.3 is 5.97 Å². The van der Waals surface area contributed by atoms with E-state index in [2.05, 4.69) is 0 Å². The van der Waals surface area contributed by atoms with Crippen LogP contribution in [-0.4, -0.2) is 28.8 Å². The second kappa shape index (κ2) is 5.02. The molecule has 0 spiro atoms. The number of anilines is 1. The summed E-state index contributed by atoms with van der Waals surface area (Å²) in [7, 11) is 0. The number of hydrogen-bond acceptors (Lipinski definition) is 3. The third-order valence-electron chi connectivity index (χ3n) is 2.91. The van der Waals surface area contributed by atoms with Crippen LogP contribution in [0.25, 0.3) is 0 Å². The van der Waals surface area contributed by atoms with Gasteiger partial charge in [-0.1, -0.05) is 26.0 Å². The number of amides is 1. The lowest BCUT2D eigenvalue weighted by atomic mass is 10.0. The zero-order valence-corrected chi connectivity index (χ0v) is 11.1. The summed E-state index contributed by atoms with van der Waals surface area (Å²) in [6.07, 6.45) is 0. The van der Waals surface area contributed by atoms with Crippen LogP contribution in [0.2, 0.25) is 0 Å². The van der Waals surface area contributed by atoms with E-state index in [1.54, 1.807) is 6.07 Å². The highest BCUT2D eigenvalue weighted by atomic mass is 32.2. The number of aliphatic carboxylic acids is 1. The summed E-state index contributed by atoms with van der Waals surface area (Å²) in [6, 6.07) is 6.63. The van der Waals surface area contributed by atoms with Crippen molar-refractivity contribution in [2.75, 3.05) is 10.7 Å². The van der Waals surface area contributed by atoms with E-state index in [9.17, 15) is 14.7 Å². The molecule has 1 heterocycles. The van der Waals surface area contributed by atoms with Gasteiger partial charge in [0.2, 0.25) is 5.91 Å². The Morgan fingerprint density at radius 2 is 2.06 bits per heavy atom. The molecule has 0 saturated carbocycles. The largest absolute Gasteiger partial charge is 0.480 e. The predicted molar refractivity (Wildman–Crippen MR) is 70.9 cm³/mol. The van der Waals surface area contributed by atoms with Crippen molar-refractivity contribution in [2.24, 2.45) is 5.92 Å². The van der Waals surface area contributed by atoms with Crippen molar-refractivity contribution in [1.82, 2.24) is 0 Å². The first kappa shape index (κ1) is 13.0. The van der Waals surface area contributed by atoms with Gasteiger partial charge in [-0.2, -0.15) is 0 Å². The summed E-state index contributed by atoms with van der Waals surface area (Å²) in [5.74, 6) is -0.935. The quantitative estimate of drug-likeness (QED) is 0.910. The number of benzene rings is 1. The summed E-state index contributed by atoms with van der Waals surface area (Å²) in [5.41, 5.74) is 0.708. The van der Waals surface area contributed by atoms with Gasteiger partial charge in [0.1, 0.15) is 6.04 Å². The average molecular weight is 265 g/mol. The van der Waals surface area contributed by atoms with Crippen LogP contribution in [0, 0.1) is 5.92 Å². The topological polar surface area (TPSA) is 57.6 Å². The first-order chi connectivity index (χ1) is 8.52. The molecular formula is C13H15NO3S. The van der Waals surface area contributed by atoms with Crippen molar-refractivity contribution >= 4 is 29.3 Å². The molecule has 4 nitrogen and oxygen atoms in total. The van der Waals surface area contributed by atoms with Crippen molar-refractivity contribution in [2.45, 2.75) is 24.8 Å². The van der Waals surface area contributed by atoms with E-state index in [1.165, 1.54) is 16.7 Å². The SMILES string of the molecule is CC(C)C(C(=O)O)N1C(=O)CSc2ccccc21. The monoisotopic (exact) mass is 265 g/mol. The fraction of sp³-hybridized carbons (Fsp3) is 0.385. The molecule has 1 aliphatic heterocycles. The molecule has 1 amide bonds. The van der Waals surface area contributed by atoms with E-state index in [-0.39, 0.29) is 11.8 Å². The van der Waals surface area contributed by atoms with Crippen molar-refractivity contribution in [3.63, 3.8) is 0 Å². The minimum atomic E-state index is -0.958. The molecule has 1 aliphatic rings.